The predicted octanol–water partition coefficient (Wildman–Crippen LogP) is 1.71. The van der Waals surface area contributed by atoms with Crippen LogP contribution in [0.4, 0.5) is 11.4 Å². The van der Waals surface area contributed by atoms with Gasteiger partial charge in [-0.25, -0.2) is 23.1 Å². The van der Waals surface area contributed by atoms with Crippen molar-refractivity contribution in [2.75, 3.05) is 29.5 Å². The lowest BCUT2D eigenvalue weighted by atomic mass is 10.2. The third-order valence-electron chi connectivity index (χ3n) is 3.70. The Morgan fingerprint density at radius 3 is 2.42 bits per heavy atom. The van der Waals surface area contributed by atoms with Crippen molar-refractivity contribution in [3.05, 3.63) is 60.7 Å². The number of nitrogens with zero attached hydrogens (tertiary/aromatic N) is 5. The SMILES string of the molecule is CN(C)c1cnc(-n2cc(NS(=O)(=O)CCc3ccccc3)cn2)nc1. The second-order valence-electron chi connectivity index (χ2n) is 5.97. The highest BCUT2D eigenvalue weighted by atomic mass is 32.2. The standard InChI is InChI=1S/C17H20N6O2S/c1-22(2)16-11-18-17(19-12-16)23-13-15(10-20-23)21-26(24,25)9-8-14-6-4-3-5-7-14/h3-7,10-13,21H,8-9H2,1-2H3. The Balaban J connectivity index is 1.65. The minimum absolute atomic E-state index is 0.00375. The Labute approximate surface area is 152 Å². The Morgan fingerprint density at radius 2 is 1.77 bits per heavy atom. The van der Waals surface area contributed by atoms with E-state index in [1.54, 1.807) is 18.6 Å². The normalized spacial score (nSPS) is 11.3. The molecule has 0 aliphatic carbocycles. The largest absolute Gasteiger partial charge is 0.375 e. The van der Waals surface area contributed by atoms with E-state index in [9.17, 15) is 8.42 Å². The Kier molecular flexibility index (Phi) is 5.17. The number of anilines is 2. The van der Waals surface area contributed by atoms with E-state index in [-0.39, 0.29) is 5.75 Å². The van der Waals surface area contributed by atoms with Crippen LogP contribution in [0.1, 0.15) is 5.56 Å². The van der Waals surface area contributed by atoms with Crippen molar-refractivity contribution in [2.24, 2.45) is 0 Å². The fourth-order valence-electron chi connectivity index (χ4n) is 2.28. The van der Waals surface area contributed by atoms with E-state index in [2.05, 4.69) is 19.8 Å². The molecule has 0 atom stereocenters. The molecule has 0 fully saturated rings. The first-order valence-electron chi connectivity index (χ1n) is 8.02. The summed E-state index contributed by atoms with van der Waals surface area (Å²) >= 11 is 0. The molecule has 26 heavy (non-hydrogen) atoms. The number of benzene rings is 1. The average Bonchev–Trinajstić information content (AvgIpc) is 3.09. The molecule has 1 aromatic carbocycles. The van der Waals surface area contributed by atoms with Crippen molar-refractivity contribution >= 4 is 21.4 Å². The van der Waals surface area contributed by atoms with Crippen LogP contribution >= 0.6 is 0 Å². The van der Waals surface area contributed by atoms with Crippen LogP contribution in [0, 0.1) is 0 Å². The number of sulfonamides is 1. The lowest BCUT2D eigenvalue weighted by molar-refractivity contribution is 0.600. The number of aromatic nitrogens is 4. The topological polar surface area (TPSA) is 93.0 Å². The highest BCUT2D eigenvalue weighted by Gasteiger charge is 2.13. The van der Waals surface area contributed by atoms with Gasteiger partial charge in [0, 0.05) is 14.1 Å². The van der Waals surface area contributed by atoms with Gasteiger partial charge >= 0.3 is 0 Å². The molecular weight excluding hydrogens is 352 g/mol. The first-order valence-corrected chi connectivity index (χ1v) is 9.67. The maximum Gasteiger partial charge on any atom is 0.250 e. The summed E-state index contributed by atoms with van der Waals surface area (Å²) in [7, 11) is 0.324. The van der Waals surface area contributed by atoms with Crippen LogP contribution in [0.3, 0.4) is 0 Å². The van der Waals surface area contributed by atoms with Crippen molar-refractivity contribution in [3.8, 4) is 5.95 Å². The molecule has 0 radical (unpaired) electrons. The molecule has 0 aliphatic rings. The second kappa shape index (κ2) is 7.52. The molecule has 3 rings (SSSR count). The molecule has 2 aromatic heterocycles. The summed E-state index contributed by atoms with van der Waals surface area (Å²) < 4.78 is 28.5. The molecule has 136 valence electrons. The van der Waals surface area contributed by atoms with Gasteiger partial charge in [-0.1, -0.05) is 30.3 Å². The molecule has 0 saturated carbocycles. The number of aryl methyl sites for hydroxylation is 1. The summed E-state index contributed by atoms with van der Waals surface area (Å²) in [5.74, 6) is 0.362. The van der Waals surface area contributed by atoms with Crippen LogP contribution in [0.5, 0.6) is 0 Å². The van der Waals surface area contributed by atoms with Crippen molar-refractivity contribution < 1.29 is 8.42 Å². The summed E-state index contributed by atoms with van der Waals surface area (Å²) in [5.41, 5.74) is 2.21. The van der Waals surface area contributed by atoms with Gasteiger partial charge in [-0.2, -0.15) is 5.10 Å². The molecule has 0 bridgehead atoms. The highest BCUT2D eigenvalue weighted by molar-refractivity contribution is 7.92. The molecule has 2 heterocycles. The van der Waals surface area contributed by atoms with Gasteiger partial charge in [0.05, 0.1) is 41.9 Å². The third-order valence-corrected chi connectivity index (χ3v) is 4.99. The third kappa shape index (κ3) is 4.57. The van der Waals surface area contributed by atoms with Gasteiger partial charge in [-0.3, -0.25) is 4.72 Å². The smallest absolute Gasteiger partial charge is 0.250 e. The molecule has 8 nitrogen and oxygen atoms in total. The molecule has 0 aliphatic heterocycles. The van der Waals surface area contributed by atoms with Gasteiger partial charge < -0.3 is 4.90 Å². The van der Waals surface area contributed by atoms with E-state index in [1.165, 1.54) is 10.9 Å². The number of nitrogens with one attached hydrogen (secondary N) is 1. The van der Waals surface area contributed by atoms with Gasteiger partial charge in [-0.05, 0) is 12.0 Å². The first-order chi connectivity index (χ1) is 12.4. The molecule has 3 aromatic rings. The lowest BCUT2D eigenvalue weighted by Crippen LogP contribution is -2.18. The summed E-state index contributed by atoms with van der Waals surface area (Å²) in [4.78, 5) is 10.3. The quantitative estimate of drug-likeness (QED) is 0.679. The van der Waals surface area contributed by atoms with E-state index in [0.717, 1.165) is 11.3 Å². The molecule has 0 spiro atoms. The van der Waals surface area contributed by atoms with Crippen LogP contribution in [-0.2, 0) is 16.4 Å². The predicted molar refractivity (Wildman–Crippen MR) is 101 cm³/mol. The van der Waals surface area contributed by atoms with E-state index < -0.39 is 10.0 Å². The van der Waals surface area contributed by atoms with Gasteiger partial charge in [0.2, 0.25) is 10.0 Å². The van der Waals surface area contributed by atoms with Crippen molar-refractivity contribution in [2.45, 2.75) is 6.42 Å². The zero-order valence-electron chi connectivity index (χ0n) is 14.6. The minimum atomic E-state index is -3.47. The first kappa shape index (κ1) is 17.9. The molecule has 0 amide bonds. The summed E-state index contributed by atoms with van der Waals surface area (Å²) in [5, 5.41) is 4.11. The van der Waals surface area contributed by atoms with Crippen LogP contribution < -0.4 is 9.62 Å². The fourth-order valence-corrected chi connectivity index (χ4v) is 3.35. The molecule has 0 unspecified atom stereocenters. The van der Waals surface area contributed by atoms with Crippen LogP contribution in [0.15, 0.2) is 55.1 Å². The Hall–Kier alpha value is -2.94. The molecule has 9 heteroatoms. The summed E-state index contributed by atoms with van der Waals surface area (Å²) in [6, 6.07) is 9.49. The average molecular weight is 372 g/mol. The number of hydrogen-bond donors (Lipinski definition) is 1. The number of hydrogen-bond acceptors (Lipinski definition) is 6. The Morgan fingerprint density at radius 1 is 1.08 bits per heavy atom. The second-order valence-corrected chi connectivity index (χ2v) is 7.81. The van der Waals surface area contributed by atoms with Crippen LogP contribution in [-0.4, -0.2) is 48.0 Å². The van der Waals surface area contributed by atoms with Gasteiger partial charge in [0.15, 0.2) is 0 Å². The van der Waals surface area contributed by atoms with E-state index >= 15 is 0 Å². The van der Waals surface area contributed by atoms with Crippen LogP contribution in [0.2, 0.25) is 0 Å². The minimum Gasteiger partial charge on any atom is -0.375 e. The van der Waals surface area contributed by atoms with E-state index in [0.29, 0.717) is 18.1 Å². The van der Waals surface area contributed by atoms with Gasteiger partial charge in [-0.15, -0.1) is 0 Å². The zero-order valence-corrected chi connectivity index (χ0v) is 15.4. The summed E-state index contributed by atoms with van der Waals surface area (Å²) in [6.45, 7) is 0. The molecular formula is C17H20N6O2S. The zero-order chi connectivity index (χ0) is 18.6. The van der Waals surface area contributed by atoms with E-state index in [4.69, 9.17) is 0 Å². The van der Waals surface area contributed by atoms with Crippen LogP contribution in [0.25, 0.3) is 5.95 Å². The molecule has 0 saturated heterocycles. The number of rotatable bonds is 7. The Bertz CT molecular complexity index is 952. The van der Waals surface area contributed by atoms with Gasteiger partial charge in [0.25, 0.3) is 5.95 Å². The van der Waals surface area contributed by atoms with Crippen molar-refractivity contribution in [1.29, 1.82) is 0 Å². The van der Waals surface area contributed by atoms with Crippen molar-refractivity contribution in [3.63, 3.8) is 0 Å². The molecule has 1 N–H and O–H groups in total. The lowest BCUT2D eigenvalue weighted by Gasteiger charge is -2.10. The highest BCUT2D eigenvalue weighted by Crippen LogP contribution is 2.13. The van der Waals surface area contributed by atoms with Crippen molar-refractivity contribution in [1.82, 2.24) is 19.7 Å². The monoisotopic (exact) mass is 372 g/mol. The van der Waals surface area contributed by atoms with Gasteiger partial charge in [0.1, 0.15) is 0 Å². The maximum atomic E-state index is 12.3. The fraction of sp³-hybridized carbons (Fsp3) is 0.235. The summed E-state index contributed by atoms with van der Waals surface area (Å²) in [6.07, 6.45) is 6.77. The van der Waals surface area contributed by atoms with E-state index in [1.807, 2.05) is 49.3 Å². The maximum absolute atomic E-state index is 12.3.